The highest BCUT2D eigenvalue weighted by Gasteiger charge is 2.11. The summed E-state index contributed by atoms with van der Waals surface area (Å²) >= 11 is 0. The number of hydrogen-bond acceptors (Lipinski definition) is 5. The molecule has 2 heterocycles. The van der Waals surface area contributed by atoms with Gasteiger partial charge in [0.15, 0.2) is 5.69 Å². The van der Waals surface area contributed by atoms with Crippen LogP contribution in [0, 0.1) is 6.92 Å². The Morgan fingerprint density at radius 1 is 1.38 bits per heavy atom. The molecule has 7 nitrogen and oxygen atoms in total. The molecule has 0 aliphatic rings. The van der Waals surface area contributed by atoms with Crippen molar-refractivity contribution in [1.82, 2.24) is 15.0 Å². The lowest BCUT2D eigenvalue weighted by molar-refractivity contribution is 0.0690. The smallest absolute Gasteiger partial charge is 0.358 e. The minimum Gasteiger partial charge on any atom is -0.476 e. The van der Waals surface area contributed by atoms with Gasteiger partial charge in [0.25, 0.3) is 0 Å². The molecule has 0 aliphatic carbocycles. The van der Waals surface area contributed by atoms with Crippen LogP contribution in [0.15, 0.2) is 39.7 Å². The van der Waals surface area contributed by atoms with E-state index in [9.17, 15) is 9.59 Å². The summed E-state index contributed by atoms with van der Waals surface area (Å²) in [7, 11) is 0. The fourth-order valence-electron chi connectivity index (χ4n) is 2.12. The lowest BCUT2D eigenvalue weighted by atomic mass is 10.1. The first-order chi connectivity index (χ1) is 10.0. The maximum Gasteiger partial charge on any atom is 0.358 e. The molecule has 1 N–H and O–H groups in total. The van der Waals surface area contributed by atoms with Crippen LogP contribution in [0.2, 0.25) is 0 Å². The summed E-state index contributed by atoms with van der Waals surface area (Å²) in [5, 5.41) is 16.9. The molecule has 3 rings (SSSR count). The Balaban J connectivity index is 2.07. The van der Waals surface area contributed by atoms with Crippen molar-refractivity contribution in [1.29, 1.82) is 0 Å². The van der Waals surface area contributed by atoms with Gasteiger partial charge in [0, 0.05) is 11.5 Å². The molecule has 0 radical (unpaired) electrons. The van der Waals surface area contributed by atoms with Gasteiger partial charge < -0.3 is 9.52 Å². The third-order valence-electron chi connectivity index (χ3n) is 3.08. The number of benzene rings is 1. The molecule has 3 aromatic rings. The highest BCUT2D eigenvalue weighted by Crippen LogP contribution is 2.19. The number of carboxylic acids is 1. The minimum absolute atomic E-state index is 0.141. The van der Waals surface area contributed by atoms with E-state index < -0.39 is 11.6 Å². The summed E-state index contributed by atoms with van der Waals surface area (Å²) in [6, 6.07) is 6.93. The zero-order valence-electron chi connectivity index (χ0n) is 11.1. The first-order valence-corrected chi connectivity index (χ1v) is 6.20. The van der Waals surface area contributed by atoms with Crippen molar-refractivity contribution >= 4 is 16.9 Å². The van der Waals surface area contributed by atoms with Crippen LogP contribution in [-0.2, 0) is 6.54 Å². The summed E-state index contributed by atoms with van der Waals surface area (Å²) in [5.41, 5.74) is 1.58. The van der Waals surface area contributed by atoms with Gasteiger partial charge in [0.2, 0.25) is 0 Å². The lowest BCUT2D eigenvalue weighted by Gasteiger charge is -2.05. The number of aromatic carboxylic acids is 1. The van der Waals surface area contributed by atoms with Crippen LogP contribution in [0.3, 0.4) is 0 Å². The zero-order chi connectivity index (χ0) is 15.0. The van der Waals surface area contributed by atoms with Crippen molar-refractivity contribution in [3.05, 3.63) is 57.7 Å². The number of hydrogen-bond donors (Lipinski definition) is 1. The molecule has 0 fully saturated rings. The first-order valence-electron chi connectivity index (χ1n) is 6.20. The van der Waals surface area contributed by atoms with Gasteiger partial charge in [-0.15, -0.1) is 5.10 Å². The van der Waals surface area contributed by atoms with Crippen molar-refractivity contribution in [3.63, 3.8) is 0 Å². The van der Waals surface area contributed by atoms with E-state index >= 15 is 0 Å². The topological polar surface area (TPSA) is 98.2 Å². The monoisotopic (exact) mass is 285 g/mol. The first kappa shape index (κ1) is 13.0. The van der Waals surface area contributed by atoms with E-state index in [-0.39, 0.29) is 12.2 Å². The second-order valence-corrected chi connectivity index (χ2v) is 4.70. The SMILES string of the molecule is Cc1ccc2c(Cn3cc(C(=O)O)nn3)cc(=O)oc2c1. The number of aryl methyl sites for hydroxylation is 1. The Morgan fingerprint density at radius 2 is 2.19 bits per heavy atom. The molecule has 2 aromatic heterocycles. The fraction of sp³-hybridized carbons (Fsp3) is 0.143. The average molecular weight is 285 g/mol. The molecule has 0 aliphatic heterocycles. The van der Waals surface area contributed by atoms with Crippen LogP contribution >= 0.6 is 0 Å². The van der Waals surface area contributed by atoms with Crippen LogP contribution in [0.5, 0.6) is 0 Å². The van der Waals surface area contributed by atoms with Crippen molar-refractivity contribution in [2.24, 2.45) is 0 Å². The molecule has 21 heavy (non-hydrogen) atoms. The van der Waals surface area contributed by atoms with Crippen molar-refractivity contribution in [2.75, 3.05) is 0 Å². The number of rotatable bonds is 3. The Labute approximate surface area is 118 Å². The molecular weight excluding hydrogens is 274 g/mol. The predicted molar refractivity (Wildman–Crippen MR) is 73.3 cm³/mol. The average Bonchev–Trinajstić information content (AvgIpc) is 2.86. The molecule has 0 amide bonds. The molecule has 1 aromatic carbocycles. The van der Waals surface area contributed by atoms with E-state index in [0.717, 1.165) is 10.9 Å². The Bertz CT molecular complexity index is 895. The van der Waals surface area contributed by atoms with E-state index in [1.165, 1.54) is 16.9 Å². The molecule has 0 bridgehead atoms. The maximum absolute atomic E-state index is 11.6. The summed E-state index contributed by atoms with van der Waals surface area (Å²) in [6.07, 6.45) is 1.32. The van der Waals surface area contributed by atoms with Crippen LogP contribution in [0.1, 0.15) is 21.6 Å². The van der Waals surface area contributed by atoms with Crippen molar-refractivity contribution < 1.29 is 14.3 Å². The summed E-state index contributed by atoms with van der Waals surface area (Å²) < 4.78 is 6.54. The van der Waals surface area contributed by atoms with E-state index in [4.69, 9.17) is 9.52 Å². The molecule has 0 saturated carbocycles. The number of carboxylic acid groups (broad SMARTS) is 1. The minimum atomic E-state index is -1.14. The Morgan fingerprint density at radius 3 is 2.90 bits per heavy atom. The molecular formula is C14H11N3O4. The van der Waals surface area contributed by atoms with Gasteiger partial charge in [-0.2, -0.15) is 0 Å². The van der Waals surface area contributed by atoms with Gasteiger partial charge in [-0.05, 0) is 24.1 Å². The van der Waals surface area contributed by atoms with Crippen LogP contribution in [0.25, 0.3) is 11.0 Å². The molecule has 0 unspecified atom stereocenters. The van der Waals surface area contributed by atoms with Crippen LogP contribution in [0.4, 0.5) is 0 Å². The molecule has 0 saturated heterocycles. The van der Waals surface area contributed by atoms with E-state index in [0.29, 0.717) is 11.1 Å². The number of nitrogens with zero attached hydrogens (tertiary/aromatic N) is 3. The van der Waals surface area contributed by atoms with Gasteiger partial charge in [-0.1, -0.05) is 17.3 Å². The van der Waals surface area contributed by atoms with Gasteiger partial charge in [-0.3, -0.25) is 0 Å². The number of aromatic nitrogens is 3. The lowest BCUT2D eigenvalue weighted by Crippen LogP contribution is -2.06. The third kappa shape index (κ3) is 2.53. The molecule has 106 valence electrons. The van der Waals surface area contributed by atoms with Crippen LogP contribution < -0.4 is 5.63 Å². The summed E-state index contributed by atoms with van der Waals surface area (Å²) in [6.45, 7) is 2.15. The molecule has 0 spiro atoms. The normalized spacial score (nSPS) is 10.9. The van der Waals surface area contributed by atoms with Crippen molar-refractivity contribution in [3.8, 4) is 0 Å². The zero-order valence-corrected chi connectivity index (χ0v) is 11.1. The highest BCUT2D eigenvalue weighted by molar-refractivity contribution is 5.84. The predicted octanol–water partition coefficient (Wildman–Crippen LogP) is 1.44. The molecule has 0 atom stereocenters. The summed E-state index contributed by atoms with van der Waals surface area (Å²) in [5.74, 6) is -1.14. The number of carbonyl (C=O) groups is 1. The van der Waals surface area contributed by atoms with Gasteiger partial charge in [0.1, 0.15) is 5.58 Å². The summed E-state index contributed by atoms with van der Waals surface area (Å²) in [4.78, 5) is 22.4. The third-order valence-corrected chi connectivity index (χ3v) is 3.08. The van der Waals surface area contributed by atoms with Gasteiger partial charge in [0.05, 0.1) is 12.7 Å². The molecule has 7 heteroatoms. The van der Waals surface area contributed by atoms with Crippen LogP contribution in [-0.4, -0.2) is 26.1 Å². The Hall–Kier alpha value is -2.96. The fourth-order valence-corrected chi connectivity index (χ4v) is 2.12. The van der Waals surface area contributed by atoms with Gasteiger partial charge >= 0.3 is 11.6 Å². The Kier molecular flexibility index (Phi) is 3.02. The van der Waals surface area contributed by atoms with E-state index in [2.05, 4.69) is 10.3 Å². The second-order valence-electron chi connectivity index (χ2n) is 4.70. The highest BCUT2D eigenvalue weighted by atomic mass is 16.4. The second kappa shape index (κ2) is 4.86. The largest absolute Gasteiger partial charge is 0.476 e. The van der Waals surface area contributed by atoms with Crippen molar-refractivity contribution in [2.45, 2.75) is 13.5 Å². The maximum atomic E-state index is 11.6. The quantitative estimate of drug-likeness (QED) is 0.731. The van der Waals surface area contributed by atoms with E-state index in [1.54, 1.807) is 6.07 Å². The standard InChI is InChI=1S/C14H11N3O4/c1-8-2-3-10-9(5-13(18)21-12(10)4-8)6-17-7-11(14(19)20)15-16-17/h2-5,7H,6H2,1H3,(H,19,20). The van der Waals surface area contributed by atoms with Gasteiger partial charge in [-0.25, -0.2) is 14.3 Å². The van der Waals surface area contributed by atoms with E-state index in [1.807, 2.05) is 19.1 Å². The number of fused-ring (bicyclic) bond motifs is 1.